The van der Waals surface area contributed by atoms with Crippen LogP contribution in [0.1, 0.15) is 36.9 Å². The summed E-state index contributed by atoms with van der Waals surface area (Å²) in [7, 11) is 0. The molecule has 2 heterocycles. The first-order valence-electron chi connectivity index (χ1n) is 9.23. The largest absolute Gasteiger partial charge is 0.446 e. The van der Waals surface area contributed by atoms with Gasteiger partial charge in [-0.1, -0.05) is 34.1 Å². The third-order valence-corrected chi connectivity index (χ3v) is 5.03. The van der Waals surface area contributed by atoms with Crippen molar-refractivity contribution in [3.63, 3.8) is 0 Å². The van der Waals surface area contributed by atoms with Gasteiger partial charge < -0.3 is 9.47 Å². The molecule has 4 rings (SSSR count). The van der Waals surface area contributed by atoms with Crippen LogP contribution in [-0.4, -0.2) is 27.8 Å². The molecule has 0 radical (unpaired) electrons. The minimum Gasteiger partial charge on any atom is -0.446 e. The van der Waals surface area contributed by atoms with E-state index in [1.54, 1.807) is 18.2 Å². The molecule has 0 saturated heterocycles. The lowest BCUT2D eigenvalue weighted by molar-refractivity contribution is -0.135. The maximum absolute atomic E-state index is 12.4. The fourth-order valence-corrected chi connectivity index (χ4v) is 3.70. The van der Waals surface area contributed by atoms with Crippen LogP contribution in [0.2, 0.25) is 0 Å². The van der Waals surface area contributed by atoms with Crippen LogP contribution in [0.25, 0.3) is 10.9 Å². The second-order valence-corrected chi connectivity index (χ2v) is 7.76. The second-order valence-electron chi connectivity index (χ2n) is 6.84. The highest BCUT2D eigenvalue weighted by atomic mass is 79.9. The zero-order valence-electron chi connectivity index (χ0n) is 16.5. The predicted octanol–water partition coefficient (Wildman–Crippen LogP) is 4.47. The number of hydrogen-bond acceptors (Lipinski definition) is 6. The SMILES string of the molecule is CC(=O)Oc1ccc(Br)cc1C1=NN(C(C)=O)[C@H](c2cc(C)nc3ccccc23)O1. The van der Waals surface area contributed by atoms with Gasteiger partial charge in [0.25, 0.3) is 0 Å². The fourth-order valence-electron chi connectivity index (χ4n) is 3.34. The summed E-state index contributed by atoms with van der Waals surface area (Å²) in [6, 6.07) is 14.7. The van der Waals surface area contributed by atoms with Crippen molar-refractivity contribution in [2.75, 3.05) is 0 Å². The molecule has 0 spiro atoms. The van der Waals surface area contributed by atoms with Crippen molar-refractivity contribution in [1.29, 1.82) is 0 Å². The molecule has 0 aliphatic carbocycles. The van der Waals surface area contributed by atoms with E-state index in [-0.39, 0.29) is 11.8 Å². The third-order valence-electron chi connectivity index (χ3n) is 4.53. The smallest absolute Gasteiger partial charge is 0.308 e. The van der Waals surface area contributed by atoms with Crippen LogP contribution in [0.3, 0.4) is 0 Å². The molecule has 30 heavy (non-hydrogen) atoms. The number of rotatable bonds is 3. The Hall–Kier alpha value is -3.26. The molecule has 1 amide bonds. The number of ether oxygens (including phenoxy) is 2. The molecule has 0 N–H and O–H groups in total. The number of fused-ring (bicyclic) bond motifs is 1. The van der Waals surface area contributed by atoms with Gasteiger partial charge in [0.1, 0.15) is 5.75 Å². The summed E-state index contributed by atoms with van der Waals surface area (Å²) in [6.07, 6.45) is -0.770. The molecule has 0 fully saturated rings. The van der Waals surface area contributed by atoms with Gasteiger partial charge in [-0.15, -0.1) is 5.10 Å². The Balaban J connectivity index is 1.82. The molecule has 8 heteroatoms. The number of carbonyl (C=O) groups excluding carboxylic acids is 2. The number of benzene rings is 2. The van der Waals surface area contributed by atoms with Crippen molar-refractivity contribution in [1.82, 2.24) is 9.99 Å². The topological polar surface area (TPSA) is 81.1 Å². The number of aromatic nitrogens is 1. The van der Waals surface area contributed by atoms with Gasteiger partial charge in [-0.25, -0.2) is 0 Å². The van der Waals surface area contributed by atoms with Crippen LogP contribution < -0.4 is 4.74 Å². The van der Waals surface area contributed by atoms with Crippen molar-refractivity contribution in [2.45, 2.75) is 27.0 Å². The number of esters is 1. The molecule has 0 bridgehead atoms. The van der Waals surface area contributed by atoms with Gasteiger partial charge in [-0.05, 0) is 37.3 Å². The first kappa shape index (κ1) is 20.0. The van der Waals surface area contributed by atoms with E-state index >= 15 is 0 Å². The lowest BCUT2D eigenvalue weighted by Gasteiger charge is -2.21. The van der Waals surface area contributed by atoms with Gasteiger partial charge in [0.05, 0.1) is 11.1 Å². The van der Waals surface area contributed by atoms with E-state index in [1.165, 1.54) is 18.9 Å². The molecule has 0 unspecified atom stereocenters. The molecule has 0 saturated carbocycles. The Labute approximate surface area is 181 Å². The molecule has 152 valence electrons. The highest BCUT2D eigenvalue weighted by Crippen LogP contribution is 2.36. The van der Waals surface area contributed by atoms with E-state index in [0.29, 0.717) is 11.3 Å². The van der Waals surface area contributed by atoms with Gasteiger partial charge in [0, 0.05) is 35.0 Å². The molecular weight excluding hydrogens is 450 g/mol. The number of carbonyl (C=O) groups is 2. The summed E-state index contributed by atoms with van der Waals surface area (Å²) in [5.74, 6) is -0.263. The minimum absolute atomic E-state index is 0.186. The number of amides is 1. The Kier molecular flexibility index (Phi) is 5.26. The van der Waals surface area contributed by atoms with Gasteiger partial charge in [0.2, 0.25) is 18.0 Å². The van der Waals surface area contributed by atoms with Gasteiger partial charge in [-0.3, -0.25) is 14.6 Å². The standard InChI is InChI=1S/C22H18BrN3O4/c1-12-10-17(16-6-4-5-7-19(16)24-12)22-26(13(2)27)25-21(30-22)18-11-15(23)8-9-20(18)29-14(3)28/h4-11,22H,1-3H3/t22-/m0/s1. The Morgan fingerprint density at radius 1 is 1.13 bits per heavy atom. The number of pyridine rings is 1. The Morgan fingerprint density at radius 2 is 1.90 bits per heavy atom. The Morgan fingerprint density at radius 3 is 2.63 bits per heavy atom. The van der Waals surface area contributed by atoms with E-state index in [0.717, 1.165) is 26.6 Å². The molecule has 3 aromatic rings. The second kappa shape index (κ2) is 7.87. The van der Waals surface area contributed by atoms with Crippen LogP contribution in [0, 0.1) is 6.92 Å². The van der Waals surface area contributed by atoms with Gasteiger partial charge in [-0.2, -0.15) is 5.01 Å². The predicted molar refractivity (Wildman–Crippen MR) is 115 cm³/mol. The van der Waals surface area contributed by atoms with E-state index in [4.69, 9.17) is 9.47 Å². The lowest BCUT2D eigenvalue weighted by Crippen LogP contribution is -2.25. The maximum atomic E-state index is 12.4. The van der Waals surface area contributed by atoms with Crippen LogP contribution in [-0.2, 0) is 14.3 Å². The quantitative estimate of drug-likeness (QED) is 0.419. The summed E-state index contributed by atoms with van der Waals surface area (Å²) in [4.78, 5) is 28.5. The molecule has 2 aromatic carbocycles. The van der Waals surface area contributed by atoms with Crippen LogP contribution in [0.15, 0.2) is 58.1 Å². The summed E-state index contributed by atoms with van der Waals surface area (Å²) in [5.41, 5.74) is 2.84. The van der Waals surface area contributed by atoms with Crippen molar-refractivity contribution < 1.29 is 19.1 Å². The number of hydrazone groups is 1. The van der Waals surface area contributed by atoms with Gasteiger partial charge >= 0.3 is 5.97 Å². The summed E-state index contributed by atoms with van der Waals surface area (Å²) in [6.45, 7) is 4.63. The monoisotopic (exact) mass is 467 g/mol. The highest BCUT2D eigenvalue weighted by Gasteiger charge is 2.35. The zero-order chi connectivity index (χ0) is 21.4. The summed E-state index contributed by atoms with van der Waals surface area (Å²) >= 11 is 3.42. The van der Waals surface area contributed by atoms with Crippen molar-refractivity contribution in [3.8, 4) is 5.75 Å². The molecule has 1 aliphatic heterocycles. The number of halogens is 1. The van der Waals surface area contributed by atoms with Crippen molar-refractivity contribution >= 4 is 44.6 Å². The van der Waals surface area contributed by atoms with Gasteiger partial charge in [0.15, 0.2) is 0 Å². The third kappa shape index (κ3) is 3.78. The number of hydrogen-bond donors (Lipinski definition) is 0. The molecule has 1 aromatic heterocycles. The first-order chi connectivity index (χ1) is 14.3. The van der Waals surface area contributed by atoms with E-state index in [2.05, 4.69) is 26.0 Å². The average Bonchev–Trinajstić information content (AvgIpc) is 3.14. The van der Waals surface area contributed by atoms with Crippen molar-refractivity contribution in [2.24, 2.45) is 5.10 Å². The highest BCUT2D eigenvalue weighted by molar-refractivity contribution is 9.10. The van der Waals surface area contributed by atoms with Crippen LogP contribution in [0.4, 0.5) is 0 Å². The van der Waals surface area contributed by atoms with E-state index in [9.17, 15) is 9.59 Å². The van der Waals surface area contributed by atoms with E-state index in [1.807, 2.05) is 37.3 Å². The lowest BCUT2D eigenvalue weighted by atomic mass is 10.1. The minimum atomic E-state index is -0.770. The van der Waals surface area contributed by atoms with Crippen LogP contribution in [0.5, 0.6) is 5.75 Å². The molecule has 1 atom stereocenters. The molecule has 1 aliphatic rings. The normalized spacial score (nSPS) is 15.7. The number of aryl methyl sites for hydroxylation is 1. The van der Waals surface area contributed by atoms with Crippen LogP contribution >= 0.6 is 15.9 Å². The fraction of sp³-hybridized carbons (Fsp3) is 0.182. The molecule has 7 nitrogen and oxygen atoms in total. The number of para-hydroxylation sites is 1. The zero-order valence-corrected chi connectivity index (χ0v) is 18.1. The van der Waals surface area contributed by atoms with Crippen molar-refractivity contribution in [3.05, 3.63) is 69.8 Å². The molecular formula is C22H18BrN3O4. The average molecular weight is 468 g/mol. The summed E-state index contributed by atoms with van der Waals surface area (Å²) in [5, 5.41) is 6.56. The number of nitrogens with zero attached hydrogens (tertiary/aromatic N) is 3. The maximum Gasteiger partial charge on any atom is 0.308 e. The van der Waals surface area contributed by atoms with E-state index < -0.39 is 12.2 Å². The first-order valence-corrected chi connectivity index (χ1v) is 10.0. The Bertz CT molecular complexity index is 1210. The summed E-state index contributed by atoms with van der Waals surface area (Å²) < 4.78 is 12.2.